The fraction of sp³-hybridized carbons (Fsp3) is 0.639. The molecule has 0 spiro atoms. The Bertz CT molecular complexity index is 1440. The number of Topliss-reactive ketones (excluding diaryl/α,β-unsaturated/α-hetero) is 1. The summed E-state index contributed by atoms with van der Waals surface area (Å²) in [6.45, 7) is 13.2. The number of fused-ring (bicyclic) bond motifs is 2. The molecule has 2 saturated heterocycles. The number of nitriles is 1. The maximum atomic E-state index is 14.3. The number of likely N-dealkylation sites (N-methyl/N-ethyl adjacent to an activating group) is 2. The topological polar surface area (TPSA) is 142 Å². The molecule has 6 rings (SSSR count). The molecule has 4 atom stereocenters. The van der Waals surface area contributed by atoms with Gasteiger partial charge in [-0.05, 0) is 90.4 Å². The maximum absolute atomic E-state index is 14.3. The number of amidine groups is 1. The van der Waals surface area contributed by atoms with E-state index in [1.54, 1.807) is 0 Å². The molecule has 5 heterocycles. The summed E-state index contributed by atoms with van der Waals surface area (Å²) in [5.74, 6) is 0.419. The summed E-state index contributed by atoms with van der Waals surface area (Å²) < 4.78 is 11.5. The lowest BCUT2D eigenvalue weighted by molar-refractivity contribution is -0.110. The van der Waals surface area contributed by atoms with E-state index in [0.717, 1.165) is 80.0 Å². The van der Waals surface area contributed by atoms with Gasteiger partial charge >= 0.3 is 0 Å². The Balaban J connectivity index is 0.000000643. The standard InChI is InChI=1S/C30H41N7O2S.C4H8O.C2H6/c1-6-9-19(25(32)18-10-7-12-23-24(18)21(15-31)27(33)40-23)26(38)29-35-30(20-14-16(2)34-28(20)37(29)5)39-17(3)22-11-8-13-36(22)4;1-2-4-5-3-1;1-2/h14,17-18,22,28,34H,6-13,32-33H2,1-5H3;1-4H2;1-2H3/b25-19-;;/t17?,18-,22?,28?;;/m0../s1. The van der Waals surface area contributed by atoms with Gasteiger partial charge in [0.25, 0.3) is 0 Å². The van der Waals surface area contributed by atoms with Gasteiger partial charge in [0.1, 0.15) is 23.3 Å². The Morgan fingerprint density at radius 2 is 1.96 bits per heavy atom. The highest BCUT2D eigenvalue weighted by atomic mass is 32.1. The number of nitrogen functional groups attached to an aromatic ring is 1. The quantitative estimate of drug-likeness (QED) is 0.289. The number of hydrogen-bond donors (Lipinski definition) is 3. The monoisotopic (exact) mass is 665 g/mol. The van der Waals surface area contributed by atoms with E-state index in [2.05, 4.69) is 36.3 Å². The van der Waals surface area contributed by atoms with E-state index in [4.69, 9.17) is 25.9 Å². The number of nitrogens with two attached hydrogens (primary N) is 2. The molecule has 2 fully saturated rings. The van der Waals surface area contributed by atoms with E-state index in [-0.39, 0.29) is 24.0 Å². The number of anilines is 1. The van der Waals surface area contributed by atoms with Crippen LogP contribution >= 0.6 is 11.3 Å². The summed E-state index contributed by atoms with van der Waals surface area (Å²) in [6.07, 6.45) is 10.4. The number of aliphatic imine (C=N–C) groups is 1. The van der Waals surface area contributed by atoms with Gasteiger partial charge in [0.15, 0.2) is 5.84 Å². The summed E-state index contributed by atoms with van der Waals surface area (Å²) in [5, 5.41) is 13.9. The summed E-state index contributed by atoms with van der Waals surface area (Å²) in [7, 11) is 4.02. The highest BCUT2D eigenvalue weighted by Crippen LogP contribution is 2.45. The Kier molecular flexibility index (Phi) is 12.9. The summed E-state index contributed by atoms with van der Waals surface area (Å²) in [4.78, 5) is 24.5. The van der Waals surface area contributed by atoms with Crippen LogP contribution in [0.4, 0.5) is 5.00 Å². The fourth-order valence-electron chi connectivity index (χ4n) is 7.18. The molecule has 10 nitrogen and oxygen atoms in total. The van der Waals surface area contributed by atoms with E-state index in [0.29, 0.717) is 46.0 Å². The van der Waals surface area contributed by atoms with E-state index in [1.165, 1.54) is 24.2 Å². The van der Waals surface area contributed by atoms with Crippen molar-refractivity contribution < 1.29 is 14.3 Å². The number of ketones is 1. The summed E-state index contributed by atoms with van der Waals surface area (Å²) >= 11 is 1.47. The minimum Gasteiger partial charge on any atom is -0.473 e. The Labute approximate surface area is 285 Å². The molecule has 3 unspecified atom stereocenters. The van der Waals surface area contributed by atoms with Crippen LogP contribution in [0.5, 0.6) is 0 Å². The predicted molar refractivity (Wildman–Crippen MR) is 191 cm³/mol. The highest BCUT2D eigenvalue weighted by molar-refractivity contribution is 7.16. The Morgan fingerprint density at radius 1 is 1.23 bits per heavy atom. The van der Waals surface area contributed by atoms with Crippen molar-refractivity contribution >= 4 is 28.0 Å². The van der Waals surface area contributed by atoms with Crippen molar-refractivity contribution in [3.05, 3.63) is 50.5 Å². The summed E-state index contributed by atoms with van der Waals surface area (Å²) in [6, 6.07) is 2.59. The zero-order valence-electron chi connectivity index (χ0n) is 29.4. The fourth-order valence-corrected chi connectivity index (χ4v) is 8.30. The normalized spacial score (nSPS) is 24.6. The molecule has 1 aromatic rings. The van der Waals surface area contributed by atoms with Crippen molar-refractivity contribution in [1.29, 1.82) is 5.26 Å². The number of nitrogens with zero attached hydrogens (tertiary/aromatic N) is 4. The predicted octanol–water partition coefficient (Wildman–Crippen LogP) is 5.91. The van der Waals surface area contributed by atoms with Crippen molar-refractivity contribution in [2.24, 2.45) is 10.7 Å². The zero-order valence-corrected chi connectivity index (χ0v) is 30.3. The van der Waals surface area contributed by atoms with Gasteiger partial charge in [0.05, 0.1) is 11.1 Å². The molecule has 0 bridgehead atoms. The number of carbonyl (C=O) groups is 1. The lowest BCUT2D eigenvalue weighted by Crippen LogP contribution is -2.50. The first-order valence-electron chi connectivity index (χ1n) is 17.5. The van der Waals surface area contributed by atoms with Crippen LogP contribution in [-0.4, -0.2) is 73.6 Å². The van der Waals surface area contributed by atoms with Gasteiger partial charge in [0, 0.05) is 54.1 Å². The van der Waals surface area contributed by atoms with E-state index < -0.39 is 0 Å². The number of rotatable bonds is 8. The van der Waals surface area contributed by atoms with Gasteiger partial charge in [-0.3, -0.25) is 9.69 Å². The van der Waals surface area contributed by atoms with Crippen LogP contribution in [0, 0.1) is 11.3 Å². The van der Waals surface area contributed by atoms with Crippen molar-refractivity contribution in [1.82, 2.24) is 15.1 Å². The molecular formula is C36H55N7O3S. The van der Waals surface area contributed by atoms with E-state index in [1.807, 2.05) is 39.6 Å². The van der Waals surface area contributed by atoms with Crippen molar-refractivity contribution in [2.45, 2.75) is 117 Å². The molecule has 0 amide bonds. The minimum absolute atomic E-state index is 0.0710. The van der Waals surface area contributed by atoms with Crippen LogP contribution in [0.3, 0.4) is 0 Å². The molecule has 258 valence electrons. The summed E-state index contributed by atoms with van der Waals surface area (Å²) in [5.41, 5.74) is 17.5. The number of hydrogen-bond acceptors (Lipinski definition) is 11. The van der Waals surface area contributed by atoms with Crippen LogP contribution in [-0.2, 0) is 20.7 Å². The van der Waals surface area contributed by atoms with Gasteiger partial charge in [-0.25, -0.2) is 0 Å². The van der Waals surface area contributed by atoms with Crippen LogP contribution in [0.15, 0.2) is 39.5 Å². The van der Waals surface area contributed by atoms with Gasteiger partial charge in [0.2, 0.25) is 11.7 Å². The van der Waals surface area contributed by atoms with Gasteiger partial charge in [-0.1, -0.05) is 27.2 Å². The minimum atomic E-state index is -0.243. The lowest BCUT2D eigenvalue weighted by atomic mass is 9.80. The van der Waals surface area contributed by atoms with Gasteiger partial charge in [-0.15, -0.1) is 11.3 Å². The molecule has 4 aliphatic heterocycles. The third-order valence-corrected chi connectivity index (χ3v) is 10.7. The highest BCUT2D eigenvalue weighted by Gasteiger charge is 2.39. The molecule has 1 aliphatic carbocycles. The van der Waals surface area contributed by atoms with E-state index >= 15 is 0 Å². The maximum Gasteiger partial charge on any atom is 0.226 e. The molecule has 1 aromatic heterocycles. The molecule has 5 aliphatic rings. The lowest BCUT2D eigenvalue weighted by Gasteiger charge is -2.35. The Hall–Kier alpha value is -3.33. The number of ether oxygens (including phenoxy) is 2. The van der Waals surface area contributed by atoms with Gasteiger partial charge < -0.3 is 31.2 Å². The SMILES string of the molecule is C1CCOC1.CC.CCC/C(C(=O)C1=NC(OC(C)C2CCCN2C)=C2C=C(C)NC2N1C)=C(/N)[C@H]1CCCc2sc(N)c(C#N)c21. The van der Waals surface area contributed by atoms with Crippen LogP contribution in [0.1, 0.15) is 108 Å². The smallest absolute Gasteiger partial charge is 0.226 e. The third kappa shape index (κ3) is 7.87. The number of nitrogens with one attached hydrogen (secondary N) is 1. The first-order valence-corrected chi connectivity index (χ1v) is 18.3. The number of carbonyl (C=O) groups excluding carboxylic acids is 1. The first kappa shape index (κ1) is 36.5. The second kappa shape index (κ2) is 16.7. The first-order chi connectivity index (χ1) is 22.7. The van der Waals surface area contributed by atoms with Gasteiger partial charge in [-0.2, -0.15) is 10.3 Å². The van der Waals surface area contributed by atoms with Crippen molar-refractivity contribution in [3.63, 3.8) is 0 Å². The molecule has 0 aromatic carbocycles. The zero-order chi connectivity index (χ0) is 34.2. The molecule has 11 heteroatoms. The number of likely N-dealkylation sites (tertiary alicyclic amines) is 1. The third-order valence-electron chi connectivity index (χ3n) is 9.56. The molecule has 47 heavy (non-hydrogen) atoms. The van der Waals surface area contributed by atoms with Crippen LogP contribution in [0.25, 0.3) is 0 Å². The second-order valence-corrected chi connectivity index (χ2v) is 13.9. The largest absolute Gasteiger partial charge is 0.473 e. The van der Waals surface area contributed by atoms with Crippen molar-refractivity contribution in [2.75, 3.05) is 39.6 Å². The van der Waals surface area contributed by atoms with Crippen molar-refractivity contribution in [3.8, 4) is 6.07 Å². The molecule has 5 N–H and O–H groups in total. The van der Waals surface area contributed by atoms with Crippen LogP contribution < -0.4 is 16.8 Å². The second-order valence-electron chi connectivity index (χ2n) is 12.8. The number of aryl methyl sites for hydroxylation is 1. The number of thiophene rings is 1. The molecule has 0 radical (unpaired) electrons. The average molecular weight is 666 g/mol. The molecule has 0 saturated carbocycles. The Morgan fingerprint density at radius 3 is 2.55 bits per heavy atom. The molecular weight excluding hydrogens is 611 g/mol. The number of allylic oxidation sites excluding steroid dienone is 2. The van der Waals surface area contributed by atoms with E-state index in [9.17, 15) is 10.1 Å². The van der Waals surface area contributed by atoms with Crippen LogP contribution in [0.2, 0.25) is 0 Å². The average Bonchev–Trinajstić information content (AvgIpc) is 3.89.